The number of sulfone groups is 1. The number of carboxylic acids is 1. The molecule has 1 N–H and O–H groups in total. The number of carboxylic acid groups (broad SMARTS) is 1. The van der Waals surface area contributed by atoms with Crippen molar-refractivity contribution in [1.82, 2.24) is 4.90 Å². The van der Waals surface area contributed by atoms with Gasteiger partial charge in [0.2, 0.25) is 0 Å². The van der Waals surface area contributed by atoms with Crippen molar-refractivity contribution in [2.45, 2.75) is 45.1 Å². The predicted molar refractivity (Wildman–Crippen MR) is 70.4 cm³/mol. The van der Waals surface area contributed by atoms with E-state index in [1.54, 1.807) is 6.92 Å². The van der Waals surface area contributed by atoms with Crippen LogP contribution < -0.4 is 0 Å². The molecule has 1 saturated heterocycles. The minimum Gasteiger partial charge on any atom is -0.481 e. The Morgan fingerprint density at radius 2 is 2.11 bits per heavy atom. The van der Waals surface area contributed by atoms with Crippen LogP contribution in [0.15, 0.2) is 0 Å². The molecule has 0 bridgehead atoms. The van der Waals surface area contributed by atoms with Crippen LogP contribution in [0.2, 0.25) is 0 Å². The van der Waals surface area contributed by atoms with Crippen LogP contribution in [-0.2, 0) is 14.6 Å². The summed E-state index contributed by atoms with van der Waals surface area (Å²) in [6, 6.07) is 0.0839. The van der Waals surface area contributed by atoms with Gasteiger partial charge in [0, 0.05) is 11.8 Å². The van der Waals surface area contributed by atoms with E-state index in [1.807, 2.05) is 0 Å². The molecule has 0 saturated carbocycles. The molecule has 106 valence electrons. The minimum absolute atomic E-state index is 0.0839. The van der Waals surface area contributed by atoms with Gasteiger partial charge in [-0.3, -0.25) is 9.69 Å². The summed E-state index contributed by atoms with van der Waals surface area (Å²) in [6.07, 6.45) is 3.83. The van der Waals surface area contributed by atoms with Crippen LogP contribution in [0.5, 0.6) is 0 Å². The highest BCUT2D eigenvalue weighted by atomic mass is 32.2. The van der Waals surface area contributed by atoms with Gasteiger partial charge >= 0.3 is 5.97 Å². The highest BCUT2D eigenvalue weighted by Gasteiger charge is 2.24. The second-order valence-corrected chi connectivity index (χ2v) is 7.35. The molecule has 6 heteroatoms. The lowest BCUT2D eigenvalue weighted by Crippen LogP contribution is -2.41. The first-order valence-corrected chi connectivity index (χ1v) is 8.43. The van der Waals surface area contributed by atoms with Crippen molar-refractivity contribution >= 4 is 15.8 Å². The summed E-state index contributed by atoms with van der Waals surface area (Å²) in [5.74, 6) is -0.376. The van der Waals surface area contributed by atoms with Crippen molar-refractivity contribution in [3.63, 3.8) is 0 Å². The van der Waals surface area contributed by atoms with Crippen molar-refractivity contribution in [2.24, 2.45) is 0 Å². The number of hydrogen-bond acceptors (Lipinski definition) is 4. The van der Waals surface area contributed by atoms with Gasteiger partial charge in [-0.1, -0.05) is 13.3 Å². The van der Waals surface area contributed by atoms with Gasteiger partial charge in [-0.15, -0.1) is 0 Å². The molecular weight excluding hydrogens is 254 g/mol. The predicted octanol–water partition coefficient (Wildman–Crippen LogP) is 1.14. The van der Waals surface area contributed by atoms with E-state index in [9.17, 15) is 13.2 Å². The van der Waals surface area contributed by atoms with Crippen LogP contribution >= 0.6 is 0 Å². The topological polar surface area (TPSA) is 74.7 Å². The fourth-order valence-corrected chi connectivity index (χ4v) is 3.28. The normalized spacial score (nSPS) is 21.9. The number of piperidine rings is 1. The first kappa shape index (κ1) is 15.4. The molecule has 0 radical (unpaired) electrons. The molecule has 18 heavy (non-hydrogen) atoms. The molecule has 1 fully saturated rings. The third kappa shape index (κ3) is 5.35. The monoisotopic (exact) mass is 277 g/mol. The van der Waals surface area contributed by atoms with Crippen LogP contribution in [0.1, 0.15) is 39.0 Å². The van der Waals surface area contributed by atoms with E-state index >= 15 is 0 Å². The Labute approximate surface area is 109 Å². The Bertz CT molecular complexity index is 366. The number of likely N-dealkylation sites (tertiary alicyclic amines) is 1. The maximum absolute atomic E-state index is 11.4. The van der Waals surface area contributed by atoms with E-state index in [-0.39, 0.29) is 24.0 Å². The van der Waals surface area contributed by atoms with Crippen molar-refractivity contribution in [1.29, 1.82) is 0 Å². The Kier molecular flexibility index (Phi) is 6.08. The van der Waals surface area contributed by atoms with Gasteiger partial charge in [-0.2, -0.15) is 0 Å². The third-order valence-electron chi connectivity index (χ3n) is 3.50. The lowest BCUT2D eigenvalue weighted by Gasteiger charge is -2.34. The van der Waals surface area contributed by atoms with Crippen LogP contribution in [0.3, 0.4) is 0 Å². The summed E-state index contributed by atoms with van der Waals surface area (Å²) >= 11 is 0. The van der Waals surface area contributed by atoms with Crippen molar-refractivity contribution < 1.29 is 18.3 Å². The molecule has 1 rings (SSSR count). The van der Waals surface area contributed by atoms with E-state index in [0.717, 1.165) is 25.8 Å². The van der Waals surface area contributed by atoms with Gasteiger partial charge in [0.15, 0.2) is 0 Å². The van der Waals surface area contributed by atoms with Crippen LogP contribution in [-0.4, -0.2) is 55.0 Å². The number of nitrogens with zero attached hydrogens (tertiary/aromatic N) is 1. The quantitative estimate of drug-likeness (QED) is 0.755. The molecule has 1 aliphatic heterocycles. The standard InChI is InChI=1S/C12H23NO4S/c1-2-18(16,17)9-5-8-13-7-4-3-6-11(13)10-12(14)15/h11H,2-10H2,1H3,(H,14,15). The average Bonchev–Trinajstić information content (AvgIpc) is 2.30. The Balaban J connectivity index is 2.40. The second kappa shape index (κ2) is 7.09. The first-order valence-electron chi connectivity index (χ1n) is 6.61. The van der Waals surface area contributed by atoms with E-state index in [2.05, 4.69) is 4.90 Å². The maximum Gasteiger partial charge on any atom is 0.304 e. The van der Waals surface area contributed by atoms with Gasteiger partial charge in [0.05, 0.1) is 12.2 Å². The number of carbonyl (C=O) groups is 1. The molecule has 1 atom stereocenters. The molecular formula is C12H23NO4S. The van der Waals surface area contributed by atoms with Gasteiger partial charge in [-0.25, -0.2) is 8.42 Å². The van der Waals surface area contributed by atoms with Crippen LogP contribution in [0.25, 0.3) is 0 Å². The summed E-state index contributed by atoms with van der Waals surface area (Å²) in [7, 11) is -2.90. The lowest BCUT2D eigenvalue weighted by molar-refractivity contribution is -0.138. The van der Waals surface area contributed by atoms with E-state index in [1.165, 1.54) is 0 Å². The summed E-state index contributed by atoms with van der Waals surface area (Å²) < 4.78 is 22.8. The Morgan fingerprint density at radius 3 is 2.72 bits per heavy atom. The second-order valence-electron chi connectivity index (χ2n) is 4.87. The zero-order valence-electron chi connectivity index (χ0n) is 11.0. The molecule has 0 aromatic rings. The van der Waals surface area contributed by atoms with Crippen molar-refractivity contribution in [3.05, 3.63) is 0 Å². The molecule has 0 aromatic heterocycles. The molecule has 1 unspecified atom stereocenters. The minimum atomic E-state index is -2.90. The highest BCUT2D eigenvalue weighted by molar-refractivity contribution is 7.91. The molecule has 0 amide bonds. The van der Waals surface area contributed by atoms with Crippen LogP contribution in [0, 0.1) is 0 Å². The van der Waals surface area contributed by atoms with Gasteiger partial charge in [0.1, 0.15) is 9.84 Å². The van der Waals surface area contributed by atoms with E-state index in [4.69, 9.17) is 5.11 Å². The highest BCUT2D eigenvalue weighted by Crippen LogP contribution is 2.19. The summed E-state index contributed by atoms with van der Waals surface area (Å²) in [6.45, 7) is 3.24. The molecule has 1 aliphatic rings. The fraction of sp³-hybridized carbons (Fsp3) is 0.917. The largest absolute Gasteiger partial charge is 0.481 e. The lowest BCUT2D eigenvalue weighted by atomic mass is 9.99. The molecule has 0 aliphatic carbocycles. The van der Waals surface area contributed by atoms with Gasteiger partial charge < -0.3 is 5.11 Å². The van der Waals surface area contributed by atoms with Gasteiger partial charge in [-0.05, 0) is 32.4 Å². The van der Waals surface area contributed by atoms with Gasteiger partial charge in [0.25, 0.3) is 0 Å². The van der Waals surface area contributed by atoms with Crippen molar-refractivity contribution in [2.75, 3.05) is 24.6 Å². The molecule has 1 heterocycles. The summed E-state index contributed by atoms with van der Waals surface area (Å²) in [5.41, 5.74) is 0. The molecule has 0 aromatic carbocycles. The van der Waals surface area contributed by atoms with Crippen LogP contribution in [0.4, 0.5) is 0 Å². The summed E-state index contributed by atoms with van der Waals surface area (Å²) in [4.78, 5) is 12.9. The average molecular weight is 277 g/mol. The van der Waals surface area contributed by atoms with E-state index in [0.29, 0.717) is 13.0 Å². The summed E-state index contributed by atoms with van der Waals surface area (Å²) in [5, 5.41) is 8.85. The number of hydrogen-bond donors (Lipinski definition) is 1. The Hall–Kier alpha value is -0.620. The maximum atomic E-state index is 11.4. The molecule has 5 nitrogen and oxygen atoms in total. The fourth-order valence-electron chi connectivity index (χ4n) is 2.42. The smallest absolute Gasteiger partial charge is 0.304 e. The number of aliphatic carboxylic acids is 1. The number of rotatable bonds is 7. The van der Waals surface area contributed by atoms with Crippen molar-refractivity contribution in [3.8, 4) is 0 Å². The first-order chi connectivity index (χ1) is 8.44. The van der Waals surface area contributed by atoms with E-state index < -0.39 is 15.8 Å². The zero-order valence-corrected chi connectivity index (χ0v) is 11.8. The Morgan fingerprint density at radius 1 is 1.39 bits per heavy atom. The molecule has 0 spiro atoms. The third-order valence-corrected chi connectivity index (χ3v) is 5.29. The SMILES string of the molecule is CCS(=O)(=O)CCCN1CCCCC1CC(=O)O. The zero-order chi connectivity index (χ0) is 13.6.